The monoisotopic (exact) mass is 518 g/mol. The minimum Gasteiger partial charge on any atom is -0.328 e. The van der Waals surface area contributed by atoms with E-state index in [1.54, 1.807) is 0 Å². The summed E-state index contributed by atoms with van der Waals surface area (Å²) < 4.78 is 2.40. The molecule has 0 aromatic rings. The van der Waals surface area contributed by atoms with Gasteiger partial charge in [0.05, 0.1) is 65.9 Å². The van der Waals surface area contributed by atoms with E-state index in [2.05, 4.69) is 63.6 Å². The Morgan fingerprint density at radius 2 is 0.618 bits per heavy atom. The van der Waals surface area contributed by atoms with Crippen molar-refractivity contribution in [3.63, 3.8) is 0 Å². The molecule has 0 aliphatic rings. The van der Waals surface area contributed by atoms with Crippen LogP contribution in [0.2, 0.25) is 0 Å². The smallest absolute Gasteiger partial charge is 0.0882 e. The zero-order chi connectivity index (χ0) is 25.4. The van der Waals surface area contributed by atoms with Crippen molar-refractivity contribution >= 4 is 21.6 Å². The number of quaternary nitrogens is 2. The van der Waals surface area contributed by atoms with E-state index in [4.69, 9.17) is 0 Å². The van der Waals surface area contributed by atoms with Gasteiger partial charge in [0.1, 0.15) is 0 Å². The molecule has 0 radical (unpaired) electrons. The maximum absolute atomic E-state index is 2.43. The quantitative estimate of drug-likeness (QED) is 0.0603. The van der Waals surface area contributed by atoms with Gasteiger partial charge in [-0.1, -0.05) is 125 Å². The zero-order valence-electron chi connectivity index (χ0n) is 24.7. The van der Waals surface area contributed by atoms with Crippen LogP contribution in [0.15, 0.2) is 0 Å². The maximum atomic E-state index is 2.43. The van der Waals surface area contributed by atoms with Crippen LogP contribution in [0.4, 0.5) is 0 Å². The van der Waals surface area contributed by atoms with Crippen molar-refractivity contribution in [2.24, 2.45) is 0 Å². The van der Waals surface area contributed by atoms with Crippen LogP contribution < -0.4 is 0 Å². The summed E-state index contributed by atoms with van der Waals surface area (Å²) in [5.74, 6) is 2.58. The van der Waals surface area contributed by atoms with Crippen molar-refractivity contribution < 1.29 is 8.97 Å². The lowest BCUT2D eigenvalue weighted by molar-refractivity contribution is -0.888. The van der Waals surface area contributed by atoms with Gasteiger partial charge < -0.3 is 8.97 Å². The summed E-state index contributed by atoms with van der Waals surface area (Å²) in [6, 6.07) is 0. The molecule has 0 atom stereocenters. The van der Waals surface area contributed by atoms with Crippen LogP contribution in [0.3, 0.4) is 0 Å². The summed E-state index contributed by atoms with van der Waals surface area (Å²) in [6.45, 7) is 9.93. The van der Waals surface area contributed by atoms with Gasteiger partial charge in [-0.25, -0.2) is 0 Å². The molecule has 0 rings (SSSR count). The summed E-state index contributed by atoms with van der Waals surface area (Å²) in [5.41, 5.74) is 0. The summed E-state index contributed by atoms with van der Waals surface area (Å²) in [5, 5.41) is 0. The second-order valence-corrected chi connectivity index (χ2v) is 14.8. The Morgan fingerprint density at radius 1 is 0.353 bits per heavy atom. The van der Waals surface area contributed by atoms with E-state index in [9.17, 15) is 0 Å². The lowest BCUT2D eigenvalue weighted by atomic mass is 10.1. The molecule has 0 unspecified atom stereocenters. The highest BCUT2D eigenvalue weighted by molar-refractivity contribution is 8.76. The summed E-state index contributed by atoms with van der Waals surface area (Å²) in [6.07, 6.45) is 25.8. The van der Waals surface area contributed by atoms with Gasteiger partial charge in [-0.15, -0.1) is 0 Å². The third kappa shape index (κ3) is 25.7. The molecule has 0 bridgehead atoms. The molecule has 4 heteroatoms. The van der Waals surface area contributed by atoms with Crippen molar-refractivity contribution in [1.82, 2.24) is 0 Å². The van der Waals surface area contributed by atoms with Gasteiger partial charge in [0.25, 0.3) is 0 Å². The largest absolute Gasteiger partial charge is 0.328 e. The lowest BCUT2D eigenvalue weighted by Gasteiger charge is -2.30. The van der Waals surface area contributed by atoms with E-state index in [1.165, 1.54) is 162 Å². The van der Waals surface area contributed by atoms with Crippen LogP contribution in [0.25, 0.3) is 0 Å². The SMILES string of the molecule is CCCCCCCCCCCC[N+](C)(C)CCSSCC[N+](C)(C)CCCCCCCCCC. The second-order valence-electron chi connectivity index (χ2n) is 12.1. The minimum atomic E-state index is 1.20. The van der Waals surface area contributed by atoms with Crippen LogP contribution in [0, 0.1) is 0 Å². The molecule has 0 N–H and O–H groups in total. The molecule has 0 fully saturated rings. The number of unbranched alkanes of at least 4 members (excludes halogenated alkanes) is 16. The van der Waals surface area contributed by atoms with Gasteiger partial charge in [-0.3, -0.25) is 0 Å². The average molecular weight is 519 g/mol. The van der Waals surface area contributed by atoms with Gasteiger partial charge >= 0.3 is 0 Å². The molecule has 0 heterocycles. The predicted octanol–water partition coefficient (Wildman–Crippen LogP) is 9.58. The third-order valence-electron chi connectivity index (χ3n) is 7.38. The fourth-order valence-corrected chi connectivity index (χ4v) is 7.14. The predicted molar refractivity (Wildman–Crippen MR) is 163 cm³/mol. The molecule has 0 saturated carbocycles. The third-order valence-corrected chi connectivity index (χ3v) is 9.74. The fraction of sp³-hybridized carbons (Fsp3) is 1.00. The van der Waals surface area contributed by atoms with Crippen LogP contribution >= 0.6 is 21.6 Å². The standard InChI is InChI=1S/C30H66N2S2/c1-7-9-11-13-15-17-18-20-22-24-26-32(5,6)28-30-34-33-29-27-31(3,4)25-23-21-19-16-14-12-10-8-2/h7-30H2,1-6H3/q+2. The van der Waals surface area contributed by atoms with Crippen molar-refractivity contribution in [1.29, 1.82) is 0 Å². The van der Waals surface area contributed by atoms with Gasteiger partial charge in [-0.05, 0) is 25.7 Å². The molecule has 0 amide bonds. The number of hydrogen-bond acceptors (Lipinski definition) is 2. The number of rotatable bonds is 27. The summed E-state index contributed by atoms with van der Waals surface area (Å²) in [7, 11) is 13.9. The first kappa shape index (κ1) is 34.6. The minimum absolute atomic E-state index is 1.20. The Morgan fingerprint density at radius 3 is 0.912 bits per heavy atom. The first-order valence-electron chi connectivity index (χ1n) is 15.2. The van der Waals surface area contributed by atoms with E-state index in [1.807, 2.05) is 0 Å². The molecule has 0 spiro atoms. The van der Waals surface area contributed by atoms with E-state index < -0.39 is 0 Å². The molecule has 0 aromatic carbocycles. The zero-order valence-corrected chi connectivity index (χ0v) is 26.3. The first-order valence-corrected chi connectivity index (χ1v) is 17.7. The molecular weight excluding hydrogens is 452 g/mol. The second kappa shape index (κ2) is 24.0. The molecule has 0 aliphatic heterocycles. The molecule has 2 nitrogen and oxygen atoms in total. The van der Waals surface area contributed by atoms with Crippen LogP contribution in [-0.4, -0.2) is 74.8 Å². The van der Waals surface area contributed by atoms with Crippen molar-refractivity contribution in [2.75, 3.05) is 65.9 Å². The fourth-order valence-electron chi connectivity index (χ4n) is 4.61. The molecule has 0 saturated heterocycles. The van der Waals surface area contributed by atoms with Crippen LogP contribution in [0.5, 0.6) is 0 Å². The highest BCUT2D eigenvalue weighted by Gasteiger charge is 2.16. The van der Waals surface area contributed by atoms with Crippen molar-refractivity contribution in [3.8, 4) is 0 Å². The Bertz CT molecular complexity index is 413. The Hall–Kier alpha value is 0.620. The Labute approximate surface area is 225 Å². The topological polar surface area (TPSA) is 0 Å². The Kier molecular flexibility index (Phi) is 24.4. The highest BCUT2D eigenvalue weighted by atomic mass is 33.1. The molecule has 206 valence electrons. The maximum Gasteiger partial charge on any atom is 0.0882 e. The number of hydrogen-bond donors (Lipinski definition) is 0. The molecule has 34 heavy (non-hydrogen) atoms. The summed E-state index contributed by atoms with van der Waals surface area (Å²) >= 11 is 0. The lowest BCUT2D eigenvalue weighted by Crippen LogP contribution is -2.42. The van der Waals surface area contributed by atoms with Gasteiger partial charge in [0.15, 0.2) is 0 Å². The summed E-state index contributed by atoms with van der Waals surface area (Å²) in [4.78, 5) is 0. The van der Waals surface area contributed by atoms with E-state index in [0.717, 1.165) is 0 Å². The van der Waals surface area contributed by atoms with Gasteiger partial charge in [0.2, 0.25) is 0 Å². The van der Waals surface area contributed by atoms with Crippen molar-refractivity contribution in [2.45, 2.75) is 129 Å². The highest BCUT2D eigenvalue weighted by Crippen LogP contribution is 2.23. The molecule has 0 aromatic heterocycles. The van der Waals surface area contributed by atoms with Crippen LogP contribution in [0.1, 0.15) is 129 Å². The average Bonchev–Trinajstić information content (AvgIpc) is 2.79. The van der Waals surface area contributed by atoms with Gasteiger partial charge in [0, 0.05) is 0 Å². The van der Waals surface area contributed by atoms with Crippen LogP contribution in [-0.2, 0) is 0 Å². The Balaban J connectivity index is 3.54. The molecular formula is C30H66N2S2+2. The van der Waals surface area contributed by atoms with Crippen molar-refractivity contribution in [3.05, 3.63) is 0 Å². The normalized spacial score (nSPS) is 12.5. The van der Waals surface area contributed by atoms with E-state index in [0.29, 0.717) is 0 Å². The molecule has 0 aliphatic carbocycles. The van der Waals surface area contributed by atoms with E-state index in [-0.39, 0.29) is 0 Å². The van der Waals surface area contributed by atoms with E-state index >= 15 is 0 Å². The first-order chi connectivity index (χ1) is 16.3. The van der Waals surface area contributed by atoms with Gasteiger partial charge in [-0.2, -0.15) is 0 Å². The number of nitrogens with zero attached hydrogens (tertiary/aromatic N) is 2.